The lowest BCUT2D eigenvalue weighted by Crippen LogP contribution is -2.46. The Morgan fingerprint density at radius 1 is 1.38 bits per heavy atom. The number of hydrogen-bond acceptors (Lipinski definition) is 5. The Morgan fingerprint density at radius 3 is 2.62 bits per heavy atom. The van der Waals surface area contributed by atoms with E-state index in [1.807, 2.05) is 6.92 Å². The largest absolute Gasteiger partial charge is 0.464 e. The van der Waals surface area contributed by atoms with E-state index in [2.05, 4.69) is 9.84 Å². The number of nitrogens with zero attached hydrogens (tertiary/aromatic N) is 2. The van der Waals surface area contributed by atoms with Crippen LogP contribution >= 0.6 is 0 Å². The van der Waals surface area contributed by atoms with Crippen molar-refractivity contribution in [1.29, 1.82) is 0 Å². The van der Waals surface area contributed by atoms with Crippen molar-refractivity contribution < 1.29 is 19.4 Å². The van der Waals surface area contributed by atoms with E-state index in [9.17, 15) is 14.7 Å². The first kappa shape index (κ1) is 15.2. The lowest BCUT2D eigenvalue weighted by molar-refractivity contribution is -0.133. The van der Waals surface area contributed by atoms with Gasteiger partial charge < -0.3 is 9.84 Å². The highest BCUT2D eigenvalue weighted by atomic mass is 16.5. The molecule has 21 heavy (non-hydrogen) atoms. The Labute approximate surface area is 123 Å². The van der Waals surface area contributed by atoms with Gasteiger partial charge in [-0.15, -0.1) is 0 Å². The van der Waals surface area contributed by atoms with E-state index in [4.69, 9.17) is 0 Å². The van der Waals surface area contributed by atoms with Crippen LogP contribution in [0.4, 0.5) is 0 Å². The summed E-state index contributed by atoms with van der Waals surface area (Å²) < 4.78 is 4.62. The van der Waals surface area contributed by atoms with Gasteiger partial charge in [-0.25, -0.2) is 4.79 Å². The number of rotatable bonds is 4. The second kappa shape index (κ2) is 6.05. The van der Waals surface area contributed by atoms with Crippen molar-refractivity contribution >= 4 is 17.6 Å². The molecule has 0 bridgehead atoms. The highest BCUT2D eigenvalue weighted by molar-refractivity contribution is 6.37. The molecule has 1 atom stereocenters. The summed E-state index contributed by atoms with van der Waals surface area (Å²) in [5, 5.41) is 15.7. The molecule has 0 aromatic heterocycles. The van der Waals surface area contributed by atoms with E-state index < -0.39 is 17.6 Å². The molecular formula is C15H18N2O4. The number of amides is 1. The lowest BCUT2D eigenvalue weighted by atomic mass is 10.0. The van der Waals surface area contributed by atoms with Gasteiger partial charge in [0.15, 0.2) is 11.4 Å². The molecule has 1 N–H and O–H groups in total. The van der Waals surface area contributed by atoms with E-state index in [-0.39, 0.29) is 12.1 Å². The maximum absolute atomic E-state index is 12.5. The number of hydrazone groups is 1. The molecule has 0 unspecified atom stereocenters. The summed E-state index contributed by atoms with van der Waals surface area (Å²) in [6, 6.07) is 8.53. The molecule has 0 spiro atoms. The molecule has 0 radical (unpaired) electrons. The molecule has 1 aromatic rings. The average molecular weight is 290 g/mol. The molecule has 1 amide bonds. The first-order valence-electron chi connectivity index (χ1n) is 6.79. The smallest absolute Gasteiger partial charge is 0.354 e. The van der Waals surface area contributed by atoms with Crippen LogP contribution in [0.3, 0.4) is 0 Å². The molecule has 0 aliphatic carbocycles. The summed E-state index contributed by atoms with van der Waals surface area (Å²) in [6.45, 7) is 1.89. The Bertz CT molecular complexity index is 570. The van der Waals surface area contributed by atoms with E-state index in [1.165, 1.54) is 7.11 Å². The van der Waals surface area contributed by atoms with Crippen LogP contribution in [0.2, 0.25) is 0 Å². The third kappa shape index (κ3) is 2.95. The van der Waals surface area contributed by atoms with Crippen molar-refractivity contribution in [1.82, 2.24) is 5.01 Å². The van der Waals surface area contributed by atoms with E-state index >= 15 is 0 Å². The van der Waals surface area contributed by atoms with E-state index in [0.29, 0.717) is 18.4 Å². The molecular weight excluding hydrogens is 272 g/mol. The summed E-state index contributed by atoms with van der Waals surface area (Å²) in [4.78, 5) is 24.1. The Hall–Kier alpha value is -2.21. The van der Waals surface area contributed by atoms with Gasteiger partial charge in [0.2, 0.25) is 0 Å². The van der Waals surface area contributed by atoms with E-state index in [0.717, 1.165) is 5.01 Å². The van der Waals surface area contributed by atoms with Gasteiger partial charge in [-0.1, -0.05) is 31.5 Å². The minimum Gasteiger partial charge on any atom is -0.464 e. The Morgan fingerprint density at radius 2 is 2.05 bits per heavy atom. The zero-order valence-corrected chi connectivity index (χ0v) is 12.1. The fourth-order valence-electron chi connectivity index (χ4n) is 2.36. The summed E-state index contributed by atoms with van der Waals surface area (Å²) in [5.74, 6) is -1.07. The molecule has 0 saturated heterocycles. The van der Waals surface area contributed by atoms with Gasteiger partial charge in [-0.3, -0.25) is 4.79 Å². The summed E-state index contributed by atoms with van der Waals surface area (Å²) in [6.07, 6.45) is 0.959. The number of aliphatic hydroxyl groups is 1. The highest BCUT2D eigenvalue weighted by Crippen LogP contribution is 2.31. The lowest BCUT2D eigenvalue weighted by Gasteiger charge is -2.30. The quantitative estimate of drug-likeness (QED) is 0.853. The van der Waals surface area contributed by atoms with Crippen LogP contribution in [-0.4, -0.2) is 40.5 Å². The monoisotopic (exact) mass is 290 g/mol. The predicted molar refractivity (Wildman–Crippen MR) is 76.5 cm³/mol. The number of carbonyl (C=O) groups is 2. The van der Waals surface area contributed by atoms with Gasteiger partial charge in [0, 0.05) is 12.0 Å². The fraction of sp³-hybridized carbons (Fsp3) is 0.400. The molecule has 112 valence electrons. The molecule has 0 saturated carbocycles. The normalized spacial score (nSPS) is 21.1. The van der Waals surface area contributed by atoms with Crippen LogP contribution in [0, 0.1) is 0 Å². The second-order valence-electron chi connectivity index (χ2n) is 4.93. The Kier molecular flexibility index (Phi) is 4.37. The molecule has 0 fully saturated rings. The first-order chi connectivity index (χ1) is 10.0. The van der Waals surface area contributed by atoms with Crippen LogP contribution in [0.5, 0.6) is 0 Å². The number of ether oxygens (including phenoxy) is 1. The summed E-state index contributed by atoms with van der Waals surface area (Å²) in [5.41, 5.74) is -1.02. The molecule has 1 aromatic carbocycles. The summed E-state index contributed by atoms with van der Waals surface area (Å²) >= 11 is 0. The van der Waals surface area contributed by atoms with Crippen molar-refractivity contribution in [2.45, 2.75) is 31.9 Å². The first-order valence-corrected chi connectivity index (χ1v) is 6.79. The van der Waals surface area contributed by atoms with E-state index in [1.54, 1.807) is 30.3 Å². The van der Waals surface area contributed by atoms with Gasteiger partial charge in [0.25, 0.3) is 5.91 Å². The minimum absolute atomic E-state index is 0.0217. The van der Waals surface area contributed by atoms with Crippen LogP contribution in [0.15, 0.2) is 35.4 Å². The van der Waals surface area contributed by atoms with Crippen molar-refractivity contribution in [3.8, 4) is 0 Å². The average Bonchev–Trinajstić information content (AvgIpc) is 2.84. The standard InChI is InChI=1S/C15H18N2O4/c1-3-9-15(20)10-12(14(19)21-2)16-17(15)13(18)11-7-5-4-6-8-11/h4-8,20H,3,9-10H2,1-2H3/t15-/m1/s1. The maximum atomic E-state index is 12.5. The number of carbonyl (C=O) groups excluding carboxylic acids is 2. The van der Waals surface area contributed by atoms with Crippen LogP contribution in [0.25, 0.3) is 0 Å². The SMILES string of the molecule is CCC[C@@]1(O)CC(C(=O)OC)=NN1C(=O)c1ccccc1. The minimum atomic E-state index is -1.48. The predicted octanol–water partition coefficient (Wildman–Crippen LogP) is 1.55. The summed E-state index contributed by atoms with van der Waals surface area (Å²) in [7, 11) is 1.24. The van der Waals surface area contributed by atoms with Gasteiger partial charge >= 0.3 is 5.97 Å². The zero-order chi connectivity index (χ0) is 15.5. The Balaban J connectivity index is 2.34. The van der Waals surface area contributed by atoms with Gasteiger partial charge in [0.05, 0.1) is 7.11 Å². The van der Waals surface area contributed by atoms with Crippen LogP contribution in [-0.2, 0) is 9.53 Å². The number of methoxy groups -OCH3 is 1. The van der Waals surface area contributed by atoms with Crippen molar-refractivity contribution in [2.75, 3.05) is 7.11 Å². The van der Waals surface area contributed by atoms with Gasteiger partial charge in [-0.2, -0.15) is 10.1 Å². The molecule has 1 heterocycles. The highest BCUT2D eigenvalue weighted by Gasteiger charge is 2.46. The number of benzene rings is 1. The molecule has 1 aliphatic rings. The van der Waals surface area contributed by atoms with Crippen molar-refractivity contribution in [3.05, 3.63) is 35.9 Å². The van der Waals surface area contributed by atoms with Crippen molar-refractivity contribution in [3.63, 3.8) is 0 Å². The second-order valence-corrected chi connectivity index (χ2v) is 4.93. The fourth-order valence-corrected chi connectivity index (χ4v) is 2.36. The van der Waals surface area contributed by atoms with Gasteiger partial charge in [0.1, 0.15) is 0 Å². The number of hydrogen-bond donors (Lipinski definition) is 1. The zero-order valence-electron chi connectivity index (χ0n) is 12.1. The van der Waals surface area contributed by atoms with Crippen LogP contribution in [0.1, 0.15) is 36.5 Å². The maximum Gasteiger partial charge on any atom is 0.354 e. The molecule has 6 heteroatoms. The molecule has 2 rings (SSSR count). The third-order valence-electron chi connectivity index (χ3n) is 3.35. The van der Waals surface area contributed by atoms with Gasteiger partial charge in [-0.05, 0) is 18.6 Å². The number of esters is 1. The molecule has 6 nitrogen and oxygen atoms in total. The van der Waals surface area contributed by atoms with Crippen LogP contribution < -0.4 is 0 Å². The van der Waals surface area contributed by atoms with Crippen molar-refractivity contribution in [2.24, 2.45) is 5.10 Å². The third-order valence-corrected chi connectivity index (χ3v) is 3.35. The topological polar surface area (TPSA) is 79.2 Å². The molecule has 1 aliphatic heterocycles.